The minimum absolute atomic E-state index is 0.0122. The Morgan fingerprint density at radius 2 is 2.03 bits per heavy atom. The molecule has 4 N–H and O–H groups in total. The Balaban J connectivity index is 1.53. The molecule has 0 spiro atoms. The molecule has 0 radical (unpaired) electrons. The number of rotatable bonds is 9. The smallest absolute Gasteiger partial charge is 0.307 e. The molecule has 7 heteroatoms. The lowest BCUT2D eigenvalue weighted by atomic mass is 9.95. The molecule has 0 bridgehead atoms. The normalized spacial score (nSPS) is 15.2. The summed E-state index contributed by atoms with van der Waals surface area (Å²) in [5.74, 6) is -0.108. The first kappa shape index (κ1) is 23.1. The van der Waals surface area contributed by atoms with Gasteiger partial charge in [0.2, 0.25) is 0 Å². The number of methoxy groups -OCH3 is 1. The zero-order valence-electron chi connectivity index (χ0n) is 19.0. The Bertz CT molecular complexity index is 1190. The van der Waals surface area contributed by atoms with E-state index in [1.54, 1.807) is 13.2 Å². The predicted octanol–water partition coefficient (Wildman–Crippen LogP) is 3.97. The van der Waals surface area contributed by atoms with Crippen molar-refractivity contribution in [3.63, 3.8) is 0 Å². The Labute approximate surface area is 199 Å². The van der Waals surface area contributed by atoms with Gasteiger partial charge in [0, 0.05) is 6.54 Å². The molecule has 1 aliphatic heterocycles. The van der Waals surface area contributed by atoms with E-state index in [9.17, 15) is 10.1 Å². The lowest BCUT2D eigenvalue weighted by molar-refractivity contribution is -0.136. The number of anilines is 2. The van der Waals surface area contributed by atoms with Gasteiger partial charge in [-0.3, -0.25) is 4.79 Å². The van der Waals surface area contributed by atoms with E-state index < -0.39 is 5.97 Å². The van der Waals surface area contributed by atoms with Crippen LogP contribution in [0.4, 0.5) is 11.4 Å². The SMILES string of the molecule is COc1ccc(CC(=O)O)cc1CCN[C@H](c1ccccc1)[C@H]1CNc2cccc(C#N)c2N1. The molecule has 7 nitrogen and oxygen atoms in total. The quantitative estimate of drug-likeness (QED) is 0.386. The maximum absolute atomic E-state index is 11.1. The first-order valence-corrected chi connectivity index (χ1v) is 11.3. The van der Waals surface area contributed by atoms with Crippen LogP contribution in [0.15, 0.2) is 66.7 Å². The fraction of sp³-hybridized carbons (Fsp3) is 0.259. The summed E-state index contributed by atoms with van der Waals surface area (Å²) in [5, 5.41) is 29.4. The van der Waals surface area contributed by atoms with Crippen molar-refractivity contribution in [2.45, 2.75) is 24.9 Å². The van der Waals surface area contributed by atoms with Crippen molar-refractivity contribution in [1.82, 2.24) is 5.32 Å². The molecule has 0 fully saturated rings. The molecular formula is C27H28N4O3. The Morgan fingerprint density at radius 1 is 1.21 bits per heavy atom. The second-order valence-corrected chi connectivity index (χ2v) is 8.28. The van der Waals surface area contributed by atoms with Crippen LogP contribution in [0.5, 0.6) is 5.75 Å². The molecule has 3 aromatic carbocycles. The number of carbonyl (C=O) groups is 1. The van der Waals surface area contributed by atoms with Gasteiger partial charge in [0.25, 0.3) is 0 Å². The number of para-hydroxylation sites is 1. The molecule has 0 saturated heterocycles. The largest absolute Gasteiger partial charge is 0.496 e. The van der Waals surface area contributed by atoms with Crippen LogP contribution >= 0.6 is 0 Å². The molecule has 0 unspecified atom stereocenters. The summed E-state index contributed by atoms with van der Waals surface area (Å²) in [6.45, 7) is 1.36. The first-order valence-electron chi connectivity index (χ1n) is 11.3. The van der Waals surface area contributed by atoms with Gasteiger partial charge in [0.1, 0.15) is 11.8 Å². The highest BCUT2D eigenvalue weighted by Crippen LogP contribution is 2.33. The molecule has 4 rings (SSSR count). The Hall–Kier alpha value is -4.02. The lowest BCUT2D eigenvalue weighted by Crippen LogP contribution is -2.44. The van der Waals surface area contributed by atoms with Gasteiger partial charge in [0.05, 0.1) is 42.6 Å². The number of carboxylic acids is 1. The highest BCUT2D eigenvalue weighted by Gasteiger charge is 2.28. The molecule has 1 aliphatic rings. The van der Waals surface area contributed by atoms with Gasteiger partial charge in [-0.25, -0.2) is 0 Å². The van der Waals surface area contributed by atoms with Crippen LogP contribution in [-0.4, -0.2) is 37.3 Å². The predicted molar refractivity (Wildman–Crippen MR) is 132 cm³/mol. The molecule has 0 amide bonds. The molecule has 2 atom stereocenters. The maximum Gasteiger partial charge on any atom is 0.307 e. The number of nitrogens with zero attached hydrogens (tertiary/aromatic N) is 1. The number of nitrogens with one attached hydrogen (secondary N) is 3. The molecule has 34 heavy (non-hydrogen) atoms. The summed E-state index contributed by atoms with van der Waals surface area (Å²) < 4.78 is 5.50. The minimum atomic E-state index is -0.855. The number of benzene rings is 3. The molecule has 174 valence electrons. The van der Waals surface area contributed by atoms with Crippen molar-refractivity contribution < 1.29 is 14.6 Å². The van der Waals surface area contributed by atoms with Crippen LogP contribution < -0.4 is 20.7 Å². The molecule has 0 aliphatic carbocycles. The van der Waals surface area contributed by atoms with Crippen LogP contribution in [0.25, 0.3) is 0 Å². The third-order valence-electron chi connectivity index (χ3n) is 6.05. The Morgan fingerprint density at radius 3 is 2.76 bits per heavy atom. The summed E-state index contributed by atoms with van der Waals surface area (Å²) in [4.78, 5) is 11.1. The van der Waals surface area contributed by atoms with Crippen molar-refractivity contribution in [1.29, 1.82) is 5.26 Å². The van der Waals surface area contributed by atoms with E-state index >= 15 is 0 Å². The zero-order valence-corrected chi connectivity index (χ0v) is 19.0. The maximum atomic E-state index is 11.1. The lowest BCUT2D eigenvalue weighted by Gasteiger charge is -2.35. The van der Waals surface area contributed by atoms with Crippen LogP contribution in [0.1, 0.15) is 28.3 Å². The van der Waals surface area contributed by atoms with Gasteiger partial charge >= 0.3 is 5.97 Å². The van der Waals surface area contributed by atoms with E-state index in [4.69, 9.17) is 9.84 Å². The van der Waals surface area contributed by atoms with E-state index in [2.05, 4.69) is 34.2 Å². The Kier molecular flexibility index (Phi) is 7.31. The standard InChI is InChI=1S/C27H28N4O3/c1-34-24-11-10-18(15-25(32)33)14-20(24)12-13-29-26(19-6-3-2-4-7-19)23-17-30-22-9-5-8-21(16-28)27(22)31-23/h2-11,14,23,26,29-31H,12-13,15,17H2,1H3,(H,32,33)/t23-,26-/m1/s1. The fourth-order valence-electron chi connectivity index (χ4n) is 4.43. The van der Waals surface area contributed by atoms with Crippen molar-refractivity contribution in [2.24, 2.45) is 0 Å². The van der Waals surface area contributed by atoms with Gasteiger partial charge in [0.15, 0.2) is 0 Å². The molecule has 0 aromatic heterocycles. The van der Waals surface area contributed by atoms with Gasteiger partial charge < -0.3 is 25.8 Å². The van der Waals surface area contributed by atoms with Gasteiger partial charge in [-0.05, 0) is 47.9 Å². The van der Waals surface area contributed by atoms with E-state index in [1.807, 2.05) is 48.5 Å². The second kappa shape index (κ2) is 10.7. The van der Waals surface area contributed by atoms with E-state index in [0.717, 1.165) is 33.8 Å². The molecular weight excluding hydrogens is 428 g/mol. The van der Waals surface area contributed by atoms with E-state index in [-0.39, 0.29) is 18.5 Å². The van der Waals surface area contributed by atoms with Crippen LogP contribution in [0.3, 0.4) is 0 Å². The summed E-state index contributed by atoms with van der Waals surface area (Å²) in [6.07, 6.45) is 0.662. The molecule has 0 saturated carbocycles. The van der Waals surface area contributed by atoms with Crippen LogP contribution in [0, 0.1) is 11.3 Å². The topological polar surface area (TPSA) is 106 Å². The van der Waals surface area contributed by atoms with Crippen LogP contribution in [-0.2, 0) is 17.6 Å². The van der Waals surface area contributed by atoms with E-state index in [1.165, 1.54) is 0 Å². The summed E-state index contributed by atoms with van der Waals surface area (Å²) in [6, 6.07) is 23.7. The third kappa shape index (κ3) is 5.30. The minimum Gasteiger partial charge on any atom is -0.496 e. The zero-order chi connectivity index (χ0) is 23.9. The number of aliphatic carboxylic acids is 1. The molecule has 3 aromatic rings. The number of ether oxygens (including phenoxy) is 1. The first-order chi connectivity index (χ1) is 16.6. The number of carboxylic acid groups (broad SMARTS) is 1. The average Bonchev–Trinajstić information content (AvgIpc) is 2.86. The van der Waals surface area contributed by atoms with Crippen molar-refractivity contribution in [2.75, 3.05) is 30.8 Å². The van der Waals surface area contributed by atoms with Crippen molar-refractivity contribution in [3.05, 3.63) is 89.0 Å². The fourth-order valence-corrected chi connectivity index (χ4v) is 4.43. The summed E-state index contributed by atoms with van der Waals surface area (Å²) >= 11 is 0. The highest BCUT2D eigenvalue weighted by atomic mass is 16.5. The van der Waals surface area contributed by atoms with Gasteiger partial charge in [-0.1, -0.05) is 48.5 Å². The summed E-state index contributed by atoms with van der Waals surface area (Å²) in [5.41, 5.74) is 5.23. The third-order valence-corrected chi connectivity index (χ3v) is 6.05. The van der Waals surface area contributed by atoms with Gasteiger partial charge in [-0.2, -0.15) is 5.26 Å². The molecule has 1 heterocycles. The van der Waals surface area contributed by atoms with E-state index in [0.29, 0.717) is 25.1 Å². The van der Waals surface area contributed by atoms with Crippen LogP contribution in [0.2, 0.25) is 0 Å². The summed E-state index contributed by atoms with van der Waals surface area (Å²) in [7, 11) is 1.62. The van der Waals surface area contributed by atoms with Gasteiger partial charge in [-0.15, -0.1) is 0 Å². The number of hydrogen-bond acceptors (Lipinski definition) is 6. The highest BCUT2D eigenvalue weighted by molar-refractivity contribution is 5.77. The van der Waals surface area contributed by atoms with Crippen molar-refractivity contribution in [3.8, 4) is 11.8 Å². The number of hydrogen-bond donors (Lipinski definition) is 4. The second-order valence-electron chi connectivity index (χ2n) is 8.28. The average molecular weight is 457 g/mol. The monoisotopic (exact) mass is 456 g/mol. The number of nitriles is 1. The van der Waals surface area contributed by atoms with Crippen molar-refractivity contribution >= 4 is 17.3 Å². The number of fused-ring (bicyclic) bond motifs is 1.